The highest BCUT2D eigenvalue weighted by molar-refractivity contribution is 8.08. The van der Waals surface area contributed by atoms with Crippen LogP contribution in [-0.4, -0.2) is 17.6 Å². The molecule has 0 aromatic carbocycles. The maximum absolute atomic E-state index is 12.0. The molecule has 0 spiro atoms. The predicted octanol–water partition coefficient (Wildman–Crippen LogP) is 3.89. The fraction of sp³-hybridized carbons (Fsp3) is 0.176. The Bertz CT molecular complexity index is 739. The fourth-order valence-corrected chi connectivity index (χ4v) is 4.02. The number of imide groups is 1. The first-order valence-electron chi connectivity index (χ1n) is 7.08. The molecule has 0 aromatic rings. The molecule has 5 heteroatoms. The zero-order chi connectivity index (χ0) is 15.5. The topological polar surface area (TPSA) is 46.2 Å². The van der Waals surface area contributed by atoms with Gasteiger partial charge in [0, 0.05) is 4.90 Å². The van der Waals surface area contributed by atoms with E-state index in [1.807, 2.05) is 30.3 Å². The van der Waals surface area contributed by atoms with E-state index in [1.54, 1.807) is 0 Å². The molecule has 1 aliphatic heterocycles. The minimum Gasteiger partial charge on any atom is -0.287 e. The van der Waals surface area contributed by atoms with Gasteiger partial charge in [-0.25, -0.2) is 0 Å². The Kier molecular flexibility index (Phi) is 4.55. The third-order valence-electron chi connectivity index (χ3n) is 3.13. The predicted molar refractivity (Wildman–Crippen MR) is 91.8 cm³/mol. The van der Waals surface area contributed by atoms with Crippen molar-refractivity contribution in [2.75, 3.05) is 5.75 Å². The van der Waals surface area contributed by atoms with Crippen LogP contribution in [0.1, 0.15) is 13.3 Å². The quantitative estimate of drug-likeness (QED) is 0.845. The summed E-state index contributed by atoms with van der Waals surface area (Å²) in [6, 6.07) is 14.0. The van der Waals surface area contributed by atoms with Gasteiger partial charge in [-0.15, -0.1) is 11.8 Å². The number of rotatable bonds is 5. The standard InChI is InChI=1S/C17H15NO2S2/c1-2-8-21-14-15(17(20)18-16(14)19)22-13-7-5-3-4-6-11-9-12(11)10-13/h3-7,9-10H,2,8H2,1H3,(H,18,19,20). The molecule has 2 amide bonds. The minimum atomic E-state index is -0.293. The average Bonchev–Trinajstić information content (AvgIpc) is 3.15. The molecule has 3 aliphatic rings. The Balaban J connectivity index is 1.92. The highest BCUT2D eigenvalue weighted by atomic mass is 32.2. The molecule has 0 saturated carbocycles. The monoisotopic (exact) mass is 329 g/mol. The van der Waals surface area contributed by atoms with Gasteiger partial charge in [0.25, 0.3) is 11.8 Å². The van der Waals surface area contributed by atoms with Crippen molar-refractivity contribution in [3.05, 3.63) is 52.3 Å². The van der Waals surface area contributed by atoms with Crippen molar-refractivity contribution in [2.45, 2.75) is 18.2 Å². The molecule has 112 valence electrons. The van der Waals surface area contributed by atoms with Crippen LogP contribution >= 0.6 is 23.5 Å². The molecule has 1 N–H and O–H groups in total. The summed E-state index contributed by atoms with van der Waals surface area (Å²) in [5.41, 5.74) is 2.38. The Labute approximate surface area is 137 Å². The summed E-state index contributed by atoms with van der Waals surface area (Å²) in [6.45, 7) is 2.05. The first-order chi connectivity index (χ1) is 10.7. The molecule has 0 fully saturated rings. The Morgan fingerprint density at radius 1 is 0.955 bits per heavy atom. The van der Waals surface area contributed by atoms with Gasteiger partial charge in [-0.3, -0.25) is 14.9 Å². The van der Waals surface area contributed by atoms with Crippen LogP contribution in [0.5, 0.6) is 0 Å². The van der Waals surface area contributed by atoms with E-state index in [0.29, 0.717) is 9.81 Å². The number of fused-ring (bicyclic) bond motifs is 1. The van der Waals surface area contributed by atoms with Crippen LogP contribution in [0, 0.1) is 0 Å². The van der Waals surface area contributed by atoms with Gasteiger partial charge >= 0.3 is 0 Å². The molecule has 0 unspecified atom stereocenters. The molecule has 3 rings (SSSR count). The third kappa shape index (κ3) is 3.36. The van der Waals surface area contributed by atoms with Crippen molar-refractivity contribution in [3.63, 3.8) is 0 Å². The Morgan fingerprint density at radius 3 is 2.55 bits per heavy atom. The van der Waals surface area contributed by atoms with Crippen LogP contribution in [0.2, 0.25) is 0 Å². The summed E-state index contributed by atoms with van der Waals surface area (Å²) in [5.74, 6) is 0.263. The van der Waals surface area contributed by atoms with E-state index in [-0.39, 0.29) is 11.8 Å². The number of amides is 2. The van der Waals surface area contributed by atoms with E-state index >= 15 is 0 Å². The normalized spacial score (nSPS) is 14.8. The highest BCUT2D eigenvalue weighted by Gasteiger charge is 2.31. The Morgan fingerprint density at radius 2 is 1.73 bits per heavy atom. The summed E-state index contributed by atoms with van der Waals surface area (Å²) in [7, 11) is 0. The lowest BCUT2D eigenvalue weighted by atomic mass is 10.4. The highest BCUT2D eigenvalue weighted by Crippen LogP contribution is 2.39. The van der Waals surface area contributed by atoms with Gasteiger partial charge in [0.05, 0.1) is 9.81 Å². The molecule has 0 saturated heterocycles. The van der Waals surface area contributed by atoms with Crippen LogP contribution in [0.3, 0.4) is 0 Å². The molecular weight excluding hydrogens is 314 g/mol. The molecule has 0 aromatic heterocycles. The second-order valence-corrected chi connectivity index (χ2v) is 7.09. The molecule has 0 atom stereocenters. The number of hydrogen-bond donors (Lipinski definition) is 1. The summed E-state index contributed by atoms with van der Waals surface area (Å²) < 4.78 is 0. The van der Waals surface area contributed by atoms with Crippen molar-refractivity contribution in [1.82, 2.24) is 5.32 Å². The van der Waals surface area contributed by atoms with Crippen molar-refractivity contribution < 1.29 is 9.59 Å². The lowest BCUT2D eigenvalue weighted by Gasteiger charge is -2.02. The third-order valence-corrected chi connectivity index (χ3v) is 5.64. The number of carbonyl (C=O) groups excluding carboxylic acids is 2. The molecular formula is C17H15NO2S2. The molecule has 2 aliphatic carbocycles. The first-order valence-corrected chi connectivity index (χ1v) is 8.88. The lowest BCUT2D eigenvalue weighted by Crippen LogP contribution is -2.22. The maximum Gasteiger partial charge on any atom is 0.266 e. The van der Waals surface area contributed by atoms with Crippen molar-refractivity contribution >= 4 is 35.3 Å². The van der Waals surface area contributed by atoms with E-state index < -0.39 is 0 Å². The SMILES string of the molecule is CCCSC1=C(Sc2cccccc3cc-3c2)C(=O)NC1=O. The van der Waals surface area contributed by atoms with E-state index in [9.17, 15) is 9.59 Å². The molecule has 0 radical (unpaired) electrons. The van der Waals surface area contributed by atoms with E-state index in [1.165, 1.54) is 34.7 Å². The molecule has 3 nitrogen and oxygen atoms in total. The molecule has 0 bridgehead atoms. The molecule has 22 heavy (non-hydrogen) atoms. The lowest BCUT2D eigenvalue weighted by molar-refractivity contribution is -0.123. The number of thioether (sulfide) groups is 2. The first kappa shape index (κ1) is 15.2. The summed E-state index contributed by atoms with van der Waals surface area (Å²) >= 11 is 2.81. The Hall–Kier alpha value is -1.72. The second kappa shape index (κ2) is 6.58. The largest absolute Gasteiger partial charge is 0.287 e. The smallest absolute Gasteiger partial charge is 0.266 e. The van der Waals surface area contributed by atoms with Crippen LogP contribution in [0.4, 0.5) is 0 Å². The van der Waals surface area contributed by atoms with E-state index in [0.717, 1.165) is 17.1 Å². The van der Waals surface area contributed by atoms with Crippen LogP contribution in [0.15, 0.2) is 57.2 Å². The van der Waals surface area contributed by atoms with E-state index in [4.69, 9.17) is 0 Å². The van der Waals surface area contributed by atoms with Gasteiger partial charge in [0.1, 0.15) is 0 Å². The van der Waals surface area contributed by atoms with Crippen molar-refractivity contribution in [1.29, 1.82) is 0 Å². The van der Waals surface area contributed by atoms with Gasteiger partial charge in [-0.1, -0.05) is 43.0 Å². The maximum atomic E-state index is 12.0. The van der Waals surface area contributed by atoms with Gasteiger partial charge in [-0.2, -0.15) is 0 Å². The van der Waals surface area contributed by atoms with Crippen molar-refractivity contribution in [3.8, 4) is 11.1 Å². The molecule has 1 heterocycles. The fourth-order valence-electron chi connectivity index (χ4n) is 2.01. The summed E-state index contributed by atoms with van der Waals surface area (Å²) in [5, 5.41) is 2.39. The zero-order valence-corrected chi connectivity index (χ0v) is 13.7. The minimum absolute atomic E-state index is 0.273. The van der Waals surface area contributed by atoms with Gasteiger partial charge < -0.3 is 0 Å². The summed E-state index contributed by atoms with van der Waals surface area (Å²) in [6.07, 6.45) is 0.960. The number of hydrogen-bond acceptors (Lipinski definition) is 4. The average molecular weight is 329 g/mol. The number of carbonyl (C=O) groups is 2. The van der Waals surface area contributed by atoms with Crippen LogP contribution < -0.4 is 5.32 Å². The van der Waals surface area contributed by atoms with Crippen LogP contribution in [-0.2, 0) is 9.59 Å². The second-order valence-electron chi connectivity index (χ2n) is 4.90. The van der Waals surface area contributed by atoms with Crippen LogP contribution in [0.25, 0.3) is 11.1 Å². The van der Waals surface area contributed by atoms with Crippen molar-refractivity contribution in [2.24, 2.45) is 0 Å². The van der Waals surface area contributed by atoms with E-state index in [2.05, 4.69) is 24.4 Å². The number of nitrogens with one attached hydrogen (secondary N) is 1. The van der Waals surface area contributed by atoms with Gasteiger partial charge in [0.2, 0.25) is 0 Å². The summed E-state index contributed by atoms with van der Waals surface area (Å²) in [4.78, 5) is 25.9. The van der Waals surface area contributed by atoms with Gasteiger partial charge in [-0.05, 0) is 41.5 Å². The van der Waals surface area contributed by atoms with Gasteiger partial charge in [0.15, 0.2) is 0 Å². The zero-order valence-electron chi connectivity index (χ0n) is 12.1.